The molecule has 0 amide bonds. The number of methoxy groups -OCH3 is 2. The number of aromatic amines is 1. The molecule has 3 aromatic rings. The van der Waals surface area contributed by atoms with Crippen molar-refractivity contribution in [3.05, 3.63) is 54.9 Å². The van der Waals surface area contributed by atoms with Gasteiger partial charge in [0.15, 0.2) is 17.1 Å². The van der Waals surface area contributed by atoms with Gasteiger partial charge in [0.05, 0.1) is 19.7 Å². The maximum Gasteiger partial charge on any atom is 0.182 e. The quantitative estimate of drug-likeness (QED) is 0.499. The lowest BCUT2D eigenvalue weighted by atomic mass is 10.1. The number of fused-ring (bicyclic) bond motifs is 1. The van der Waals surface area contributed by atoms with Gasteiger partial charge in [-0.25, -0.2) is 4.68 Å². The lowest BCUT2D eigenvalue weighted by molar-refractivity contribution is 0.355. The van der Waals surface area contributed by atoms with Crippen molar-refractivity contribution >= 4 is 16.8 Å². The average Bonchev–Trinajstić information content (AvgIpc) is 2.95. The number of benzene rings is 2. The smallest absolute Gasteiger partial charge is 0.182 e. The summed E-state index contributed by atoms with van der Waals surface area (Å²) in [6, 6.07) is 13.8. The molecule has 138 valence electrons. The predicted octanol–water partition coefficient (Wildman–Crippen LogP) is 4.23. The van der Waals surface area contributed by atoms with Crippen LogP contribution in [-0.2, 0) is 0 Å². The van der Waals surface area contributed by atoms with Crippen LogP contribution < -0.4 is 14.8 Å². The Morgan fingerprint density at radius 2 is 1.89 bits per heavy atom. The van der Waals surface area contributed by atoms with Crippen molar-refractivity contribution in [3.8, 4) is 28.3 Å². The maximum atomic E-state index is 5.31. The van der Waals surface area contributed by atoms with Crippen LogP contribution in [0.5, 0.6) is 11.5 Å². The fraction of sp³-hybridized carbons (Fsp3) is 0.150. The number of aromatic nitrogens is 3. The number of nitrogens with zero attached hydrogens (tertiary/aromatic N) is 2. The second kappa shape index (κ2) is 6.95. The average molecular weight is 364 g/mol. The Bertz CT molecular complexity index is 1100. The maximum absolute atomic E-state index is 5.31. The Labute approximate surface area is 156 Å². The minimum absolute atomic E-state index is 0.709. The Hall–Kier alpha value is -3.61. The van der Waals surface area contributed by atoms with Crippen LogP contribution in [-0.4, -0.2) is 36.2 Å². The standard InChI is InChI=1S/C14H16N2O2.C6H4N2O/c1-15-12-6-7-16-9-11(12)10-4-5-13(17-2)14(8-10)18-3;1-2-6-5-3-4(1)8(5)7-9-6/h4-9H,1-3H3,(H,15,16);1-3,7H. The van der Waals surface area contributed by atoms with Crippen LogP contribution in [0.25, 0.3) is 27.9 Å². The van der Waals surface area contributed by atoms with Gasteiger partial charge >= 0.3 is 0 Å². The van der Waals surface area contributed by atoms with Gasteiger partial charge in [-0.05, 0) is 42.0 Å². The van der Waals surface area contributed by atoms with Crippen molar-refractivity contribution in [2.75, 3.05) is 26.6 Å². The van der Waals surface area contributed by atoms with Gasteiger partial charge < -0.3 is 19.3 Å². The lowest BCUT2D eigenvalue weighted by Gasteiger charge is -2.12. The number of ether oxygens (including phenoxy) is 2. The Morgan fingerprint density at radius 1 is 1.04 bits per heavy atom. The molecule has 0 aliphatic carbocycles. The van der Waals surface area contributed by atoms with E-state index >= 15 is 0 Å². The highest BCUT2D eigenvalue weighted by Gasteiger charge is 2.15. The van der Waals surface area contributed by atoms with Crippen LogP contribution in [0.15, 0.2) is 59.4 Å². The molecule has 0 spiro atoms. The zero-order chi connectivity index (χ0) is 18.8. The SMILES string of the molecule is CNc1ccncc1-c1ccc(OC)c(OC)c1.c1cc2cc3c1o[nH]n2-3. The molecule has 2 N–H and O–H groups in total. The molecule has 0 saturated carbocycles. The van der Waals surface area contributed by atoms with E-state index in [1.807, 2.05) is 54.3 Å². The Kier molecular flexibility index (Phi) is 4.33. The highest BCUT2D eigenvalue weighted by atomic mass is 16.5. The fourth-order valence-corrected chi connectivity index (χ4v) is 3.02. The van der Waals surface area contributed by atoms with E-state index in [4.69, 9.17) is 14.0 Å². The molecule has 4 heterocycles. The molecule has 3 aliphatic rings. The van der Waals surface area contributed by atoms with E-state index in [1.54, 1.807) is 20.4 Å². The summed E-state index contributed by atoms with van der Waals surface area (Å²) in [5, 5.41) is 5.89. The molecule has 0 saturated heterocycles. The third-order valence-corrected chi connectivity index (χ3v) is 4.47. The van der Waals surface area contributed by atoms with Gasteiger partial charge in [0.25, 0.3) is 0 Å². The number of H-pyrrole nitrogens is 1. The van der Waals surface area contributed by atoms with E-state index in [-0.39, 0.29) is 0 Å². The summed E-state index contributed by atoms with van der Waals surface area (Å²) in [5.41, 5.74) is 6.33. The van der Waals surface area contributed by atoms with Gasteiger partial charge in [-0.15, -0.1) is 0 Å². The van der Waals surface area contributed by atoms with Crippen molar-refractivity contribution in [2.45, 2.75) is 0 Å². The van der Waals surface area contributed by atoms with E-state index < -0.39 is 0 Å². The summed E-state index contributed by atoms with van der Waals surface area (Å²) in [6.45, 7) is 0. The number of hydrogen-bond donors (Lipinski definition) is 2. The first-order valence-electron chi connectivity index (χ1n) is 8.46. The van der Waals surface area contributed by atoms with Crippen molar-refractivity contribution in [1.82, 2.24) is 14.9 Å². The van der Waals surface area contributed by atoms with E-state index in [1.165, 1.54) is 5.52 Å². The number of nitrogens with one attached hydrogen (secondary N) is 2. The Balaban J connectivity index is 0.000000163. The highest BCUT2D eigenvalue weighted by molar-refractivity contribution is 5.79. The van der Waals surface area contributed by atoms with E-state index in [0.717, 1.165) is 33.8 Å². The number of hydrogen-bond acceptors (Lipinski definition) is 5. The molecule has 0 unspecified atom stereocenters. The van der Waals surface area contributed by atoms with Crippen molar-refractivity contribution in [3.63, 3.8) is 0 Å². The first-order valence-corrected chi connectivity index (χ1v) is 8.46. The van der Waals surface area contributed by atoms with Crippen LogP contribution in [0.3, 0.4) is 0 Å². The number of rotatable bonds is 4. The summed E-state index contributed by atoms with van der Waals surface area (Å²) >= 11 is 0. The van der Waals surface area contributed by atoms with Crippen LogP contribution in [0.1, 0.15) is 0 Å². The molecule has 1 aromatic heterocycles. The van der Waals surface area contributed by atoms with Crippen molar-refractivity contribution in [2.24, 2.45) is 0 Å². The Morgan fingerprint density at radius 3 is 2.56 bits per heavy atom. The van der Waals surface area contributed by atoms with Crippen molar-refractivity contribution < 1.29 is 14.0 Å². The second-order valence-electron chi connectivity index (χ2n) is 5.92. The van der Waals surface area contributed by atoms with Crippen LogP contribution in [0.2, 0.25) is 0 Å². The molecule has 7 heteroatoms. The van der Waals surface area contributed by atoms with Gasteiger partial charge in [-0.2, -0.15) is 5.27 Å². The molecule has 27 heavy (non-hydrogen) atoms. The summed E-state index contributed by atoms with van der Waals surface area (Å²) in [6.07, 6.45) is 3.59. The fourth-order valence-electron chi connectivity index (χ4n) is 3.02. The first-order chi connectivity index (χ1) is 13.2. The number of anilines is 1. The molecule has 0 fully saturated rings. The minimum Gasteiger partial charge on any atom is -0.493 e. The lowest BCUT2D eigenvalue weighted by Crippen LogP contribution is -2.02. The molecular formula is C20H20N4O3. The molecule has 7 nitrogen and oxygen atoms in total. The van der Waals surface area contributed by atoms with Crippen LogP contribution in [0.4, 0.5) is 5.69 Å². The van der Waals surface area contributed by atoms with Gasteiger partial charge in [0, 0.05) is 30.7 Å². The summed E-state index contributed by atoms with van der Waals surface area (Å²) < 4.78 is 17.5. The molecular weight excluding hydrogens is 344 g/mol. The zero-order valence-corrected chi connectivity index (χ0v) is 15.3. The zero-order valence-electron chi connectivity index (χ0n) is 15.3. The van der Waals surface area contributed by atoms with Crippen molar-refractivity contribution in [1.29, 1.82) is 0 Å². The largest absolute Gasteiger partial charge is 0.493 e. The predicted molar refractivity (Wildman–Crippen MR) is 105 cm³/mol. The molecule has 2 aromatic carbocycles. The third-order valence-electron chi connectivity index (χ3n) is 4.47. The van der Waals surface area contributed by atoms with E-state index in [9.17, 15) is 0 Å². The molecule has 4 bridgehead atoms. The molecule has 3 aliphatic heterocycles. The monoisotopic (exact) mass is 364 g/mol. The minimum atomic E-state index is 0.709. The molecule has 6 rings (SSSR count). The molecule has 0 atom stereocenters. The van der Waals surface area contributed by atoms with Gasteiger partial charge in [0.2, 0.25) is 0 Å². The molecule has 0 radical (unpaired) electrons. The third kappa shape index (κ3) is 2.93. The summed E-state index contributed by atoms with van der Waals surface area (Å²) in [5.74, 6) is 1.43. The number of pyridine rings is 2. The second-order valence-corrected chi connectivity index (χ2v) is 5.92. The first kappa shape index (κ1) is 16.8. The van der Waals surface area contributed by atoms with Crippen LogP contribution >= 0.6 is 0 Å². The van der Waals surface area contributed by atoms with Gasteiger partial charge in [0.1, 0.15) is 5.69 Å². The summed E-state index contributed by atoms with van der Waals surface area (Å²) in [7, 11) is 5.14. The van der Waals surface area contributed by atoms with Gasteiger partial charge in [-0.3, -0.25) is 4.98 Å². The topological polar surface area (TPSA) is 77.2 Å². The normalized spacial score (nSPS) is 10.8. The van der Waals surface area contributed by atoms with E-state index in [2.05, 4.69) is 21.6 Å². The highest BCUT2D eigenvalue weighted by Crippen LogP contribution is 2.34. The van der Waals surface area contributed by atoms with E-state index in [0.29, 0.717) is 5.75 Å². The van der Waals surface area contributed by atoms with Gasteiger partial charge in [-0.1, -0.05) is 6.07 Å². The summed E-state index contributed by atoms with van der Waals surface area (Å²) in [4.78, 5) is 4.16. The van der Waals surface area contributed by atoms with Crippen LogP contribution in [0, 0.1) is 0 Å².